The maximum atomic E-state index is 14.8. The van der Waals surface area contributed by atoms with Gasteiger partial charge in [0.15, 0.2) is 0 Å². The second-order valence-corrected chi connectivity index (χ2v) is 11.8. The van der Waals surface area contributed by atoms with Gasteiger partial charge in [0.1, 0.15) is 42.2 Å². The van der Waals surface area contributed by atoms with Crippen molar-refractivity contribution in [1.29, 1.82) is 0 Å². The van der Waals surface area contributed by atoms with E-state index in [1.54, 1.807) is 0 Å². The molecule has 5 rings (SSSR count). The van der Waals surface area contributed by atoms with Gasteiger partial charge in [-0.15, -0.1) is 0 Å². The fraction of sp³-hybridized carbons (Fsp3) is 0.296. The topological polar surface area (TPSA) is 132 Å². The van der Waals surface area contributed by atoms with Crippen LogP contribution in [0.5, 0.6) is 5.75 Å². The maximum absolute atomic E-state index is 14.8. The van der Waals surface area contributed by atoms with E-state index in [-0.39, 0.29) is 58.0 Å². The second kappa shape index (κ2) is 12.6. The third-order valence-corrected chi connectivity index (χ3v) is 8.46. The Morgan fingerprint density at radius 1 is 1.09 bits per heavy atom. The summed E-state index contributed by atoms with van der Waals surface area (Å²) in [6, 6.07) is 5.67. The number of hydrogen-bond acceptors (Lipinski definition) is 9. The Labute approximate surface area is 258 Å². The minimum atomic E-state index is -1.80. The van der Waals surface area contributed by atoms with Crippen LogP contribution in [0.4, 0.5) is 13.6 Å². The van der Waals surface area contributed by atoms with Crippen LogP contribution in [0.25, 0.3) is 6.08 Å². The zero-order valence-corrected chi connectivity index (χ0v) is 24.6. The lowest BCUT2D eigenvalue weighted by molar-refractivity contribution is -0.137. The predicted octanol–water partition coefficient (Wildman–Crippen LogP) is 3.34. The summed E-state index contributed by atoms with van der Waals surface area (Å²) in [5.41, 5.74) is -1.76. The average Bonchev–Trinajstić information content (AvgIpc) is 3.54. The van der Waals surface area contributed by atoms with Gasteiger partial charge in [-0.25, -0.2) is 18.4 Å². The summed E-state index contributed by atoms with van der Waals surface area (Å²) >= 11 is 12.5. The Hall–Kier alpha value is -3.56. The van der Waals surface area contributed by atoms with Gasteiger partial charge in [-0.3, -0.25) is 24.2 Å². The molecule has 1 aromatic heterocycles. The van der Waals surface area contributed by atoms with Crippen molar-refractivity contribution in [3.8, 4) is 5.75 Å². The lowest BCUT2D eigenvalue weighted by Crippen LogP contribution is -2.55. The number of piperazine rings is 1. The first-order valence-corrected chi connectivity index (χ1v) is 14.4. The summed E-state index contributed by atoms with van der Waals surface area (Å²) in [6.45, 7) is 0.333. The summed E-state index contributed by atoms with van der Waals surface area (Å²) in [7, 11) is 0. The molecule has 11 nitrogen and oxygen atoms in total. The summed E-state index contributed by atoms with van der Waals surface area (Å²) in [6.07, 6.45) is 3.93. The van der Waals surface area contributed by atoms with Crippen molar-refractivity contribution in [2.24, 2.45) is 0 Å². The van der Waals surface area contributed by atoms with Gasteiger partial charge in [-0.2, -0.15) is 5.10 Å². The highest BCUT2D eigenvalue weighted by Crippen LogP contribution is 2.37. The van der Waals surface area contributed by atoms with Gasteiger partial charge in [0.2, 0.25) is 5.91 Å². The number of rotatable bonds is 8. The van der Waals surface area contributed by atoms with E-state index in [4.69, 9.17) is 23.2 Å². The number of thioether (sulfide) groups is 1. The fourth-order valence-corrected chi connectivity index (χ4v) is 6.24. The van der Waals surface area contributed by atoms with Crippen LogP contribution < -0.4 is 0 Å². The Bertz CT molecular complexity index is 1600. The van der Waals surface area contributed by atoms with Gasteiger partial charge in [0, 0.05) is 54.9 Å². The van der Waals surface area contributed by atoms with E-state index in [9.17, 15) is 33.4 Å². The summed E-state index contributed by atoms with van der Waals surface area (Å²) < 4.78 is 29.7. The highest BCUT2D eigenvalue weighted by molar-refractivity contribution is 8.18. The number of aromatic nitrogens is 3. The van der Waals surface area contributed by atoms with Crippen LogP contribution >= 0.6 is 35.0 Å². The van der Waals surface area contributed by atoms with E-state index in [2.05, 4.69) is 10.1 Å². The monoisotopic (exact) mass is 652 g/mol. The van der Waals surface area contributed by atoms with Gasteiger partial charge >= 0.3 is 0 Å². The molecule has 0 spiro atoms. The normalized spacial score (nSPS) is 18.5. The SMILES string of the molecule is O=C(CN1C(=O)SC(=Cc2cc(Cl)cc(Cl)c2O)C1=O)N1CCN(CC(O)(Cn2cncn2)c2ccc(F)cc2F)CC1. The van der Waals surface area contributed by atoms with E-state index in [0.717, 1.165) is 11.0 Å². The van der Waals surface area contributed by atoms with Crippen molar-refractivity contribution in [3.05, 3.63) is 80.7 Å². The minimum absolute atomic E-state index is 0.00375. The minimum Gasteiger partial charge on any atom is -0.506 e. The van der Waals surface area contributed by atoms with E-state index in [1.807, 2.05) is 4.90 Å². The molecular weight excluding hydrogens is 629 g/mol. The first-order chi connectivity index (χ1) is 20.4. The van der Waals surface area contributed by atoms with Crippen molar-refractivity contribution in [2.75, 3.05) is 39.3 Å². The molecule has 2 N–H and O–H groups in total. The van der Waals surface area contributed by atoms with Crippen molar-refractivity contribution in [2.45, 2.75) is 12.1 Å². The third-order valence-electron chi connectivity index (χ3n) is 7.04. The molecule has 3 aromatic rings. The first kappa shape index (κ1) is 30.9. The quantitative estimate of drug-likeness (QED) is 0.352. The molecule has 3 heterocycles. The lowest BCUT2D eigenvalue weighted by Gasteiger charge is -2.40. The Kier molecular flexibility index (Phi) is 9.04. The smallest absolute Gasteiger partial charge is 0.294 e. The molecule has 3 amide bonds. The molecular formula is C27H24Cl2F2N6O5S. The molecule has 0 bridgehead atoms. The van der Waals surface area contributed by atoms with E-state index in [0.29, 0.717) is 30.9 Å². The summed E-state index contributed by atoms with van der Waals surface area (Å²) in [4.78, 5) is 46.6. The number of aromatic hydroxyl groups is 1. The van der Waals surface area contributed by atoms with Crippen LogP contribution in [-0.2, 0) is 21.7 Å². The highest BCUT2D eigenvalue weighted by atomic mass is 35.5. The molecule has 2 aliphatic rings. The van der Waals surface area contributed by atoms with Crippen LogP contribution in [0.1, 0.15) is 11.1 Å². The molecule has 16 heteroatoms. The number of imide groups is 1. The molecule has 0 radical (unpaired) electrons. The standard InChI is InChI=1S/C27H24Cl2F2N6O5S/c28-17-7-16(24(39)20(29)9-17)8-22-25(40)37(26(41)43-22)11-23(38)35-5-3-34(4-6-35)12-27(42,13-36-15-32-14-33-36)19-2-1-18(30)10-21(19)31/h1-2,7-10,14-15,39,42H,3-6,11-13H2. The molecule has 226 valence electrons. The molecule has 2 aliphatic heterocycles. The molecule has 0 aliphatic carbocycles. The van der Waals surface area contributed by atoms with Gasteiger partial charge < -0.3 is 15.1 Å². The number of carbonyl (C=O) groups excluding carboxylic acids is 3. The number of β-amino-alcohol motifs (C(OH)–C–C–N with tert-alkyl or cyclic N) is 1. The molecule has 1 atom stereocenters. The van der Waals surface area contributed by atoms with Gasteiger partial charge in [0.25, 0.3) is 11.1 Å². The fourth-order valence-electron chi connectivity index (χ4n) is 4.90. The number of phenols is 1. The van der Waals surface area contributed by atoms with Crippen molar-refractivity contribution >= 4 is 58.1 Å². The summed E-state index contributed by atoms with van der Waals surface area (Å²) in [5.74, 6) is -3.14. The van der Waals surface area contributed by atoms with Crippen LogP contribution in [-0.4, -0.2) is 96.0 Å². The first-order valence-electron chi connectivity index (χ1n) is 12.9. The summed E-state index contributed by atoms with van der Waals surface area (Å²) in [5, 5.41) is 25.3. The van der Waals surface area contributed by atoms with Crippen LogP contribution in [0.3, 0.4) is 0 Å². The molecule has 2 fully saturated rings. The molecule has 2 saturated heterocycles. The predicted molar refractivity (Wildman–Crippen MR) is 154 cm³/mol. The number of benzene rings is 2. The van der Waals surface area contributed by atoms with Crippen LogP contribution in [0.2, 0.25) is 10.0 Å². The van der Waals surface area contributed by atoms with Crippen LogP contribution in [0.15, 0.2) is 47.9 Å². The Morgan fingerprint density at radius 3 is 2.51 bits per heavy atom. The van der Waals surface area contributed by atoms with Gasteiger partial charge in [-0.1, -0.05) is 29.3 Å². The Balaban J connectivity index is 1.22. The highest BCUT2D eigenvalue weighted by Gasteiger charge is 2.39. The number of carbonyl (C=O) groups is 3. The number of nitrogens with zero attached hydrogens (tertiary/aromatic N) is 6. The second-order valence-electron chi connectivity index (χ2n) is 10.00. The van der Waals surface area contributed by atoms with E-state index < -0.39 is 40.8 Å². The van der Waals surface area contributed by atoms with Crippen LogP contribution in [0, 0.1) is 11.6 Å². The molecule has 43 heavy (non-hydrogen) atoms. The van der Waals surface area contributed by atoms with Crippen molar-refractivity contribution < 1.29 is 33.4 Å². The number of amides is 3. The Morgan fingerprint density at radius 2 is 1.84 bits per heavy atom. The third kappa shape index (κ3) is 6.83. The van der Waals surface area contributed by atoms with Crippen molar-refractivity contribution in [1.82, 2.24) is 29.5 Å². The number of phenolic OH excluding ortho intramolecular Hbond substituents is 1. The van der Waals surface area contributed by atoms with E-state index >= 15 is 0 Å². The number of halogens is 4. The number of hydrogen-bond donors (Lipinski definition) is 2. The lowest BCUT2D eigenvalue weighted by atomic mass is 9.92. The zero-order valence-electron chi connectivity index (χ0n) is 22.3. The van der Waals surface area contributed by atoms with Crippen molar-refractivity contribution in [3.63, 3.8) is 0 Å². The largest absolute Gasteiger partial charge is 0.506 e. The van der Waals surface area contributed by atoms with Gasteiger partial charge in [0.05, 0.1) is 16.5 Å². The molecule has 0 saturated carbocycles. The average molecular weight is 653 g/mol. The zero-order chi connectivity index (χ0) is 30.9. The molecule has 1 unspecified atom stereocenters. The maximum Gasteiger partial charge on any atom is 0.294 e. The number of aliphatic hydroxyl groups is 1. The van der Waals surface area contributed by atoms with E-state index in [1.165, 1.54) is 46.5 Å². The van der Waals surface area contributed by atoms with Gasteiger partial charge in [-0.05, 0) is 36.0 Å². The molecule has 2 aromatic carbocycles.